The number of nitrogens with one attached hydrogen (secondary N) is 1. The average Bonchev–Trinajstić information content (AvgIpc) is 3.04. The second kappa shape index (κ2) is 5.43. The molecule has 2 fully saturated rings. The van der Waals surface area contributed by atoms with E-state index in [-0.39, 0.29) is 0 Å². The fraction of sp³-hybridized carbons (Fsp3) is 0.647. The summed E-state index contributed by atoms with van der Waals surface area (Å²) in [5.74, 6) is 0. The minimum Gasteiger partial charge on any atom is -0.316 e. The third-order valence-corrected chi connectivity index (χ3v) is 5.52. The Morgan fingerprint density at radius 3 is 2.40 bits per heavy atom. The molecule has 0 amide bonds. The molecule has 0 spiro atoms. The third-order valence-electron chi connectivity index (χ3n) is 4.99. The molecule has 1 N–H and O–H groups in total. The van der Waals surface area contributed by atoms with Crippen LogP contribution in [0.2, 0.25) is 0 Å². The lowest BCUT2D eigenvalue weighted by molar-refractivity contribution is 0.196. The molecule has 2 nitrogen and oxygen atoms in total. The van der Waals surface area contributed by atoms with E-state index >= 15 is 0 Å². The van der Waals surface area contributed by atoms with Crippen LogP contribution in [0.25, 0.3) is 0 Å². The lowest BCUT2D eigenvalue weighted by atomic mass is 9.88. The Kier molecular flexibility index (Phi) is 3.95. The summed E-state index contributed by atoms with van der Waals surface area (Å²) in [6.45, 7) is 7.18. The van der Waals surface area contributed by atoms with Crippen LogP contribution in [-0.4, -0.2) is 38.1 Å². The molecule has 1 saturated carbocycles. The van der Waals surface area contributed by atoms with Gasteiger partial charge in [0.05, 0.1) is 0 Å². The molecular formula is C17H25BrN2. The number of halogens is 1. The summed E-state index contributed by atoms with van der Waals surface area (Å²) >= 11 is 3.53. The average molecular weight is 337 g/mol. The van der Waals surface area contributed by atoms with Gasteiger partial charge >= 0.3 is 0 Å². The Morgan fingerprint density at radius 1 is 1.15 bits per heavy atom. The van der Waals surface area contributed by atoms with Crippen molar-refractivity contribution in [1.82, 2.24) is 10.2 Å². The first-order valence-electron chi connectivity index (χ1n) is 7.67. The monoisotopic (exact) mass is 336 g/mol. The molecule has 3 rings (SSSR count). The molecule has 0 radical (unpaired) electrons. The smallest absolute Gasteiger partial charge is 0.0175 e. The van der Waals surface area contributed by atoms with Gasteiger partial charge in [0.1, 0.15) is 0 Å². The predicted molar refractivity (Wildman–Crippen MR) is 88.1 cm³/mol. The molecule has 1 aromatic rings. The van der Waals surface area contributed by atoms with Crippen LogP contribution in [0, 0.1) is 5.41 Å². The highest BCUT2D eigenvalue weighted by Crippen LogP contribution is 2.49. The second-order valence-electron chi connectivity index (χ2n) is 7.20. The van der Waals surface area contributed by atoms with Gasteiger partial charge in [0, 0.05) is 29.5 Å². The van der Waals surface area contributed by atoms with Crippen molar-refractivity contribution < 1.29 is 0 Å². The fourth-order valence-corrected chi connectivity index (χ4v) is 3.98. The van der Waals surface area contributed by atoms with Crippen molar-refractivity contribution in [2.45, 2.75) is 31.6 Å². The zero-order valence-electron chi connectivity index (χ0n) is 12.6. The van der Waals surface area contributed by atoms with E-state index in [1.165, 1.54) is 55.5 Å². The Morgan fingerprint density at radius 2 is 1.85 bits per heavy atom. The zero-order valence-corrected chi connectivity index (χ0v) is 14.2. The molecule has 20 heavy (non-hydrogen) atoms. The summed E-state index contributed by atoms with van der Waals surface area (Å²) in [6.07, 6.45) is 3.99. The van der Waals surface area contributed by atoms with Crippen molar-refractivity contribution in [3.8, 4) is 0 Å². The highest BCUT2D eigenvalue weighted by Gasteiger charge is 2.45. The number of nitrogens with zero attached hydrogens (tertiary/aromatic N) is 1. The predicted octanol–water partition coefficient (Wildman–Crippen LogP) is 3.41. The fourth-order valence-electron chi connectivity index (χ4n) is 3.72. The molecule has 1 atom stereocenters. The summed E-state index contributed by atoms with van der Waals surface area (Å²) in [6, 6.07) is 8.95. The van der Waals surface area contributed by atoms with Gasteiger partial charge in [-0.25, -0.2) is 0 Å². The lowest BCUT2D eigenvalue weighted by Crippen LogP contribution is -2.39. The Balaban J connectivity index is 1.63. The van der Waals surface area contributed by atoms with E-state index in [4.69, 9.17) is 0 Å². The first-order chi connectivity index (χ1) is 9.51. The Hall–Kier alpha value is -0.380. The minimum atomic E-state index is 0.428. The van der Waals surface area contributed by atoms with Gasteiger partial charge in [-0.2, -0.15) is 0 Å². The van der Waals surface area contributed by atoms with Gasteiger partial charge in [-0.1, -0.05) is 35.0 Å². The zero-order chi connectivity index (χ0) is 14.2. The number of benzene rings is 1. The van der Waals surface area contributed by atoms with Crippen molar-refractivity contribution in [3.05, 3.63) is 34.3 Å². The van der Waals surface area contributed by atoms with E-state index in [9.17, 15) is 0 Å². The van der Waals surface area contributed by atoms with Crippen molar-refractivity contribution in [2.24, 2.45) is 5.41 Å². The Labute approximate surface area is 131 Å². The summed E-state index contributed by atoms with van der Waals surface area (Å²) in [4.78, 5) is 2.56. The maximum Gasteiger partial charge on any atom is 0.0175 e. The normalized spacial score (nSPS) is 28.0. The van der Waals surface area contributed by atoms with Crippen LogP contribution in [0.5, 0.6) is 0 Å². The molecule has 2 aliphatic rings. The Bertz CT molecular complexity index is 458. The summed E-state index contributed by atoms with van der Waals surface area (Å²) < 4.78 is 1.18. The van der Waals surface area contributed by atoms with E-state index in [2.05, 4.69) is 64.4 Å². The molecule has 110 valence electrons. The van der Waals surface area contributed by atoms with Crippen molar-refractivity contribution in [3.63, 3.8) is 0 Å². The summed E-state index contributed by atoms with van der Waals surface area (Å²) in [5.41, 5.74) is 2.41. The third kappa shape index (κ3) is 3.10. The van der Waals surface area contributed by atoms with Crippen LogP contribution in [0.4, 0.5) is 0 Å². The van der Waals surface area contributed by atoms with Crippen LogP contribution >= 0.6 is 15.9 Å². The second-order valence-corrected chi connectivity index (χ2v) is 8.11. The number of hydrogen-bond acceptors (Lipinski definition) is 2. The summed E-state index contributed by atoms with van der Waals surface area (Å²) in [7, 11) is 2.29. The van der Waals surface area contributed by atoms with Crippen LogP contribution in [0.15, 0.2) is 28.7 Å². The SMILES string of the molecule is CN(CC1(C)CCNC1)CC1(c2ccc(Br)cc2)CC1. The van der Waals surface area contributed by atoms with Gasteiger partial charge in [0.25, 0.3) is 0 Å². The maximum absolute atomic E-state index is 3.53. The molecule has 1 aliphatic heterocycles. The van der Waals surface area contributed by atoms with Gasteiger partial charge in [0.2, 0.25) is 0 Å². The number of rotatable bonds is 5. The molecule has 1 saturated heterocycles. The van der Waals surface area contributed by atoms with E-state index in [0.29, 0.717) is 10.8 Å². The molecule has 1 aromatic carbocycles. The van der Waals surface area contributed by atoms with Gasteiger partial charge in [0.15, 0.2) is 0 Å². The van der Waals surface area contributed by atoms with E-state index < -0.39 is 0 Å². The van der Waals surface area contributed by atoms with E-state index in [0.717, 1.165) is 0 Å². The number of likely N-dealkylation sites (N-methyl/N-ethyl adjacent to an activating group) is 1. The van der Waals surface area contributed by atoms with Gasteiger partial charge < -0.3 is 10.2 Å². The topological polar surface area (TPSA) is 15.3 Å². The van der Waals surface area contributed by atoms with Crippen LogP contribution in [0.3, 0.4) is 0 Å². The molecular weight excluding hydrogens is 312 g/mol. The first kappa shape index (κ1) is 14.6. The van der Waals surface area contributed by atoms with Crippen LogP contribution < -0.4 is 5.32 Å². The van der Waals surface area contributed by atoms with Gasteiger partial charge in [-0.3, -0.25) is 0 Å². The first-order valence-corrected chi connectivity index (χ1v) is 8.46. The van der Waals surface area contributed by atoms with Crippen molar-refractivity contribution in [1.29, 1.82) is 0 Å². The molecule has 3 heteroatoms. The van der Waals surface area contributed by atoms with Crippen LogP contribution in [0.1, 0.15) is 31.7 Å². The lowest BCUT2D eigenvalue weighted by Gasteiger charge is -2.32. The van der Waals surface area contributed by atoms with Crippen molar-refractivity contribution >= 4 is 15.9 Å². The quantitative estimate of drug-likeness (QED) is 0.886. The molecule has 1 unspecified atom stereocenters. The largest absolute Gasteiger partial charge is 0.316 e. The van der Waals surface area contributed by atoms with E-state index in [1.54, 1.807) is 0 Å². The minimum absolute atomic E-state index is 0.428. The molecule has 1 aliphatic carbocycles. The van der Waals surface area contributed by atoms with Gasteiger partial charge in [-0.15, -0.1) is 0 Å². The highest BCUT2D eigenvalue weighted by molar-refractivity contribution is 9.10. The highest BCUT2D eigenvalue weighted by atomic mass is 79.9. The number of hydrogen-bond donors (Lipinski definition) is 1. The van der Waals surface area contributed by atoms with E-state index in [1.807, 2.05) is 0 Å². The standard InChI is InChI=1S/C17H25BrN2/c1-16(9-10-19-11-16)12-20(2)13-17(7-8-17)14-3-5-15(18)6-4-14/h3-6,19H,7-13H2,1-2H3. The summed E-state index contributed by atoms with van der Waals surface area (Å²) in [5, 5.41) is 3.50. The van der Waals surface area contributed by atoms with Gasteiger partial charge in [-0.05, 0) is 56.0 Å². The maximum atomic E-state index is 3.53. The molecule has 1 heterocycles. The molecule has 0 aromatic heterocycles. The van der Waals surface area contributed by atoms with Crippen molar-refractivity contribution in [2.75, 3.05) is 33.2 Å². The van der Waals surface area contributed by atoms with Crippen LogP contribution in [-0.2, 0) is 5.41 Å². The molecule has 0 bridgehead atoms.